The van der Waals surface area contributed by atoms with E-state index in [1.54, 1.807) is 70.2 Å². The summed E-state index contributed by atoms with van der Waals surface area (Å²) in [5, 5.41) is 4.88. The molecular weight excluding hydrogens is 943 g/mol. The Balaban J connectivity index is 1.09. The number of anilines is 2. The van der Waals surface area contributed by atoms with Crippen molar-refractivity contribution in [3.05, 3.63) is 209 Å². The van der Waals surface area contributed by atoms with Crippen LogP contribution in [0.15, 0.2) is 188 Å². The molecule has 0 radical (unpaired) electrons. The molecule has 7 nitrogen and oxygen atoms in total. The first-order valence-electron chi connectivity index (χ1n) is 26.0. The van der Waals surface area contributed by atoms with Gasteiger partial charge in [0.05, 0.1) is 5.69 Å². The number of benzene rings is 7. The van der Waals surface area contributed by atoms with Crippen molar-refractivity contribution >= 4 is 29.5 Å². The average Bonchev–Trinajstić information content (AvgIpc) is 3.99. The first kappa shape index (κ1) is 26.1. The standard InChI is InChI=1S/C53H37BN6O.Pt/c1-37-30-31-55-52(32-37)59-50-34-43(28-29-46(50)51-35-47(56-60(51)54(59)2)40-20-10-5-11-21-40)61-42-23-14-22-41(33-42)57-36-58(49-27-13-12-26-48(49)57)53-44(38-16-6-3-7-17-38)24-15-25-45(53)39-18-8-4-9-19-39;/h3-32,35H,1-2H3;/q-2;/i2D3,3D,4D,6D,7D,8D,9D,16D,17D,18D,19D;. The summed E-state index contributed by atoms with van der Waals surface area (Å²) < 4.78 is 126. The SMILES string of the molecule is [2H]c1c([2H])c([2H])c(-c2cccc(-c3c([2H])c([2H])c([2H])c([2H])c3[2H])c2-n2[c](=[Pt])n(-c3[c-]c(Oc4[c-]c5c(cc4)-c4cc(-c6ccccc6)nn4B(C([2H])([2H])[2H])N5c4cc(C)ccn4)ccc3)c3ccccc32)c([2H])c1[2H]. The maximum absolute atomic E-state index is 9.07. The summed E-state index contributed by atoms with van der Waals surface area (Å²) in [6.45, 7) is -2.03. The third-order valence-electron chi connectivity index (χ3n) is 10.6. The molecule has 3 aromatic heterocycles. The van der Waals surface area contributed by atoms with Crippen molar-refractivity contribution < 1.29 is 41.9 Å². The van der Waals surface area contributed by atoms with Crippen molar-refractivity contribution in [1.82, 2.24) is 23.8 Å². The number of hydrogen-bond acceptors (Lipinski definition) is 4. The van der Waals surface area contributed by atoms with Gasteiger partial charge < -0.3 is 0 Å². The van der Waals surface area contributed by atoms with Gasteiger partial charge in [-0.2, -0.15) is 5.10 Å². The quantitative estimate of drug-likeness (QED) is 0.112. The Morgan fingerprint density at radius 3 is 2.05 bits per heavy atom. The normalized spacial score (nSPS) is 15.2. The van der Waals surface area contributed by atoms with Crippen LogP contribution < -0.4 is 9.55 Å². The second-order valence-electron chi connectivity index (χ2n) is 14.4. The van der Waals surface area contributed by atoms with E-state index in [9.17, 15) is 0 Å². The average molecular weight is 993 g/mol. The Labute approximate surface area is 389 Å². The second-order valence-corrected chi connectivity index (χ2v) is 15.4. The Morgan fingerprint density at radius 1 is 0.661 bits per heavy atom. The van der Waals surface area contributed by atoms with E-state index in [-0.39, 0.29) is 39.4 Å². The van der Waals surface area contributed by atoms with Crippen LogP contribution in [0.4, 0.5) is 11.5 Å². The molecule has 1 aliphatic heterocycles. The van der Waals surface area contributed by atoms with Gasteiger partial charge >= 0.3 is 315 Å². The van der Waals surface area contributed by atoms with E-state index in [2.05, 4.69) is 36.5 Å². The van der Waals surface area contributed by atoms with E-state index in [1.807, 2.05) is 78.2 Å². The number of nitrogens with zero attached hydrogens (tertiary/aromatic N) is 6. The van der Waals surface area contributed by atoms with E-state index in [1.165, 1.54) is 4.59 Å². The summed E-state index contributed by atoms with van der Waals surface area (Å²) in [4.78, 5) is 6.26. The number of hydrogen-bond donors (Lipinski definition) is 0. The minimum atomic E-state index is -2.61. The van der Waals surface area contributed by atoms with Crippen molar-refractivity contribution in [2.24, 2.45) is 0 Å². The molecule has 0 saturated carbocycles. The predicted octanol–water partition coefficient (Wildman–Crippen LogP) is 12.6. The summed E-state index contributed by atoms with van der Waals surface area (Å²) in [7, 11) is 0. The monoisotopic (exact) mass is 992 g/mol. The number of para-hydroxylation sites is 3. The molecule has 0 amide bonds. The van der Waals surface area contributed by atoms with Crippen molar-refractivity contribution in [3.63, 3.8) is 0 Å². The molecule has 0 saturated heterocycles. The molecule has 0 bridgehead atoms. The molecule has 0 atom stereocenters. The van der Waals surface area contributed by atoms with Crippen LogP contribution >= 0.6 is 0 Å². The van der Waals surface area contributed by atoms with Gasteiger partial charge in [-0.1, -0.05) is 30.3 Å². The molecule has 9 heteroatoms. The molecule has 10 aromatic rings. The summed E-state index contributed by atoms with van der Waals surface area (Å²) in [6, 6.07) is 37.2. The van der Waals surface area contributed by atoms with Crippen molar-refractivity contribution in [2.45, 2.75) is 13.7 Å². The van der Waals surface area contributed by atoms with Crippen LogP contribution in [0.2, 0.25) is 6.75 Å². The Hall–Kier alpha value is -7.28. The number of ether oxygens (including phenoxy) is 1. The fraction of sp³-hybridized carbons (Fsp3) is 0.0377. The van der Waals surface area contributed by atoms with Gasteiger partial charge in [0.1, 0.15) is 0 Å². The maximum atomic E-state index is 9.07. The zero-order chi connectivity index (χ0) is 52.9. The first-order chi connectivity index (χ1) is 35.8. The number of aryl methyl sites for hydroxylation is 1. The summed E-state index contributed by atoms with van der Waals surface area (Å²) in [6.07, 6.45) is 1.62. The third-order valence-corrected chi connectivity index (χ3v) is 11.6. The van der Waals surface area contributed by atoms with Crippen LogP contribution in [0.3, 0.4) is 0 Å². The molecule has 0 unspecified atom stereocenters. The molecule has 0 aliphatic carbocycles. The Bertz CT molecular complexity index is 3920. The molecule has 1 aliphatic rings. The van der Waals surface area contributed by atoms with Crippen LogP contribution in [0.1, 0.15) is 23.4 Å². The van der Waals surface area contributed by atoms with E-state index >= 15 is 0 Å². The van der Waals surface area contributed by atoms with E-state index < -0.39 is 74.2 Å². The fourth-order valence-corrected chi connectivity index (χ4v) is 8.91. The van der Waals surface area contributed by atoms with E-state index in [0.717, 1.165) is 11.1 Å². The number of aromatic nitrogens is 5. The van der Waals surface area contributed by atoms with Crippen LogP contribution in [-0.4, -0.2) is 30.8 Å². The first-order valence-corrected chi connectivity index (χ1v) is 20.6. The Morgan fingerprint density at radius 2 is 1.34 bits per heavy atom. The number of pyridine rings is 1. The molecule has 4 heterocycles. The zero-order valence-corrected chi connectivity index (χ0v) is 34.9. The van der Waals surface area contributed by atoms with Gasteiger partial charge in [-0.25, -0.2) is 0 Å². The molecule has 0 spiro atoms. The molecular formula is C53H37BN6OPt-2. The molecule has 0 N–H and O–H groups in total. The van der Waals surface area contributed by atoms with Crippen LogP contribution in [0, 0.1) is 22.9 Å². The van der Waals surface area contributed by atoms with Crippen LogP contribution in [0.25, 0.3) is 67.2 Å². The number of imidazole rings is 1. The molecule has 11 rings (SSSR count). The predicted molar refractivity (Wildman–Crippen MR) is 246 cm³/mol. The second kappa shape index (κ2) is 15.6. The zero-order valence-electron chi connectivity index (χ0n) is 45.6. The van der Waals surface area contributed by atoms with Crippen LogP contribution in [0.5, 0.6) is 11.5 Å². The van der Waals surface area contributed by atoms with Gasteiger partial charge in [-0.05, 0) is 18.6 Å². The van der Waals surface area contributed by atoms with Gasteiger partial charge in [0.2, 0.25) is 0 Å². The van der Waals surface area contributed by atoms with E-state index in [0.29, 0.717) is 49.0 Å². The van der Waals surface area contributed by atoms with Crippen molar-refractivity contribution in [2.75, 3.05) is 4.81 Å². The number of fused-ring (bicyclic) bond motifs is 4. The van der Waals surface area contributed by atoms with Gasteiger partial charge in [-0.3, -0.25) is 0 Å². The summed E-state index contributed by atoms with van der Waals surface area (Å²) in [5.74, 6) is 0.855. The molecule has 300 valence electrons. The topological polar surface area (TPSA) is 53.0 Å². The van der Waals surface area contributed by atoms with Gasteiger partial charge in [0.15, 0.2) is 0 Å². The van der Waals surface area contributed by atoms with Gasteiger partial charge in [-0.15, -0.1) is 0 Å². The third kappa shape index (κ3) is 6.55. The fourth-order valence-electron chi connectivity index (χ4n) is 7.83. The Kier molecular flexibility index (Phi) is 6.59. The summed E-state index contributed by atoms with van der Waals surface area (Å²) >= 11 is 2.10. The van der Waals surface area contributed by atoms with Gasteiger partial charge in [0, 0.05) is 15.9 Å². The molecule has 0 fully saturated rings. The molecule has 7 aromatic carbocycles. The van der Waals surface area contributed by atoms with Crippen LogP contribution in [-0.2, 0) is 19.4 Å². The minimum absolute atomic E-state index is 0.140. The molecule has 62 heavy (non-hydrogen) atoms. The van der Waals surface area contributed by atoms with E-state index in [4.69, 9.17) is 27.7 Å². The number of rotatable bonds is 8. The van der Waals surface area contributed by atoms with Crippen molar-refractivity contribution in [3.8, 4) is 67.6 Å². The van der Waals surface area contributed by atoms with Crippen molar-refractivity contribution in [1.29, 1.82) is 0 Å². The summed E-state index contributed by atoms with van der Waals surface area (Å²) in [5.41, 5.74) is 5.65. The van der Waals surface area contributed by atoms with Gasteiger partial charge in [0.25, 0.3) is 0 Å².